The molecule has 0 amide bonds. The molecule has 0 aromatic heterocycles. The normalized spacial score (nSPS) is 17.4. The molecule has 20 heteroatoms. The summed E-state index contributed by atoms with van der Waals surface area (Å²) in [7, 11) is -1.25. The van der Waals surface area contributed by atoms with E-state index in [1.54, 1.807) is 60.5 Å². The third-order valence-electron chi connectivity index (χ3n) is 11.0. The molecule has 72 heavy (non-hydrogen) atoms. The molecule has 1 aliphatic rings. The number of allylic oxidation sites excluding steroid dienone is 1. The SMILES string of the molecule is COCN(Cc1ccccc1)C[Si](C)(C)C.O=S(c1ccccc1)C1CN(Cc2ccccc2)CC1(c1cc(Cl)c(Cl)c(Cl)c1)C(F)(F)F.O[S+](/C=C(\c1cc(Cl)c(Cl)c(Cl)c1)C(F)(F)F)c1ccccc1. The standard InChI is InChI=1S/C24H19Cl3F3NOS.C15H9Cl3F3OS.C13H23NOSi/c25-19-11-17(12-20(26)22(19)27)23(24(28,29)30)15-31(13-16-7-3-1-4-8-16)14-21(23)33(32)18-9-5-2-6-10-18;16-12-6-9(7-13(17)14(12)18)11(15(19,20)21)8-23(22)10-4-2-1-3-5-10;1-15-11-14(12-16(2,3)4)10-13-8-6-5-7-9-13/h1-12,21H,13-15H2;1-8,22H;5-9H,10-12H2,1-4H3/q;+1;/b;11-8+;. The van der Waals surface area contributed by atoms with Gasteiger partial charge in [-0.2, -0.15) is 30.9 Å². The van der Waals surface area contributed by atoms with E-state index in [1.165, 1.54) is 36.0 Å². The van der Waals surface area contributed by atoms with Crippen LogP contribution in [-0.4, -0.2) is 77.3 Å². The Morgan fingerprint density at radius 1 is 0.750 bits per heavy atom. The van der Waals surface area contributed by atoms with Crippen molar-refractivity contribution < 1.29 is 39.8 Å². The summed E-state index contributed by atoms with van der Waals surface area (Å²) in [6, 6.07) is 40.6. The van der Waals surface area contributed by atoms with Crippen LogP contribution in [0.5, 0.6) is 0 Å². The number of alkyl halides is 6. The number of likely N-dealkylation sites (tertiary alicyclic amines) is 1. The number of ether oxygens (including phenoxy) is 1. The Bertz CT molecular complexity index is 2700. The first-order valence-electron chi connectivity index (χ1n) is 21.9. The van der Waals surface area contributed by atoms with E-state index in [4.69, 9.17) is 74.3 Å². The predicted molar refractivity (Wildman–Crippen MR) is 290 cm³/mol. The Hall–Kier alpha value is -3.06. The fourth-order valence-electron chi connectivity index (χ4n) is 7.96. The van der Waals surface area contributed by atoms with Crippen molar-refractivity contribution in [3.8, 4) is 0 Å². The van der Waals surface area contributed by atoms with Crippen molar-refractivity contribution in [2.45, 2.75) is 65.5 Å². The van der Waals surface area contributed by atoms with Gasteiger partial charge in [-0.15, -0.1) is 0 Å². The number of halogens is 12. The maximum atomic E-state index is 15.0. The summed E-state index contributed by atoms with van der Waals surface area (Å²) in [5.74, 6) is 0. The van der Waals surface area contributed by atoms with Crippen LogP contribution < -0.4 is 0 Å². The highest BCUT2D eigenvalue weighted by Crippen LogP contribution is 2.52. The minimum atomic E-state index is -4.73. The van der Waals surface area contributed by atoms with E-state index in [0.29, 0.717) is 9.79 Å². The summed E-state index contributed by atoms with van der Waals surface area (Å²) >= 11 is 33.9. The monoisotopic (exact) mass is 1170 g/mol. The van der Waals surface area contributed by atoms with Gasteiger partial charge >= 0.3 is 12.4 Å². The lowest BCUT2D eigenvalue weighted by Gasteiger charge is -2.37. The molecule has 386 valence electrons. The number of nitrogens with zero attached hydrogens (tertiary/aromatic N) is 2. The lowest BCUT2D eigenvalue weighted by molar-refractivity contribution is -0.185. The Morgan fingerprint density at radius 2 is 1.21 bits per heavy atom. The minimum Gasteiger partial charge on any atom is -0.369 e. The van der Waals surface area contributed by atoms with E-state index in [1.807, 2.05) is 30.3 Å². The maximum absolute atomic E-state index is 15.0. The Labute approximate surface area is 453 Å². The van der Waals surface area contributed by atoms with Gasteiger partial charge in [-0.05, 0) is 77.0 Å². The van der Waals surface area contributed by atoms with E-state index in [9.17, 15) is 21.9 Å². The molecule has 0 spiro atoms. The molecule has 1 saturated heterocycles. The van der Waals surface area contributed by atoms with Crippen molar-refractivity contribution in [3.05, 3.63) is 203 Å². The summed E-state index contributed by atoms with van der Waals surface area (Å²) in [5.41, 5.74) is -1.67. The number of hydrogen-bond donors (Lipinski definition) is 1. The largest absolute Gasteiger partial charge is 0.421 e. The van der Waals surface area contributed by atoms with Crippen molar-refractivity contribution in [1.82, 2.24) is 9.80 Å². The molecule has 6 aromatic rings. The quantitative estimate of drug-likeness (QED) is 0.0387. The van der Waals surface area contributed by atoms with Gasteiger partial charge in [0.1, 0.15) is 11.0 Å². The molecule has 5 nitrogen and oxygen atoms in total. The second-order valence-electron chi connectivity index (χ2n) is 17.8. The van der Waals surface area contributed by atoms with Gasteiger partial charge in [0.05, 0.1) is 61.0 Å². The number of rotatable bonds is 14. The smallest absolute Gasteiger partial charge is 0.369 e. The first-order chi connectivity index (χ1) is 33.8. The van der Waals surface area contributed by atoms with Crippen molar-refractivity contribution in [2.75, 3.05) is 33.1 Å². The van der Waals surface area contributed by atoms with Crippen LogP contribution in [0.15, 0.2) is 161 Å². The van der Waals surface area contributed by atoms with Gasteiger partial charge in [-0.3, -0.25) is 14.0 Å². The van der Waals surface area contributed by atoms with Gasteiger partial charge in [0.15, 0.2) is 10.3 Å². The number of methoxy groups -OCH3 is 1. The number of benzene rings is 6. The highest BCUT2D eigenvalue weighted by atomic mass is 35.5. The molecule has 6 aromatic carbocycles. The third-order valence-corrected chi connectivity index (χ3v) is 17.8. The summed E-state index contributed by atoms with van der Waals surface area (Å²) in [4.78, 5) is 4.77. The first-order valence-corrected chi connectivity index (χ1v) is 30.4. The molecule has 1 aliphatic heterocycles. The van der Waals surface area contributed by atoms with Crippen LogP contribution in [0, 0.1) is 0 Å². The van der Waals surface area contributed by atoms with Crippen LogP contribution >= 0.6 is 69.6 Å². The lowest BCUT2D eigenvalue weighted by atomic mass is 9.78. The van der Waals surface area contributed by atoms with E-state index in [0.717, 1.165) is 36.4 Å². The van der Waals surface area contributed by atoms with Crippen LogP contribution in [0.4, 0.5) is 26.3 Å². The third kappa shape index (κ3) is 16.5. The molecule has 0 aliphatic carbocycles. The van der Waals surface area contributed by atoms with E-state index in [-0.39, 0.29) is 60.9 Å². The van der Waals surface area contributed by atoms with E-state index in [2.05, 4.69) is 54.9 Å². The van der Waals surface area contributed by atoms with Gasteiger partial charge in [0.2, 0.25) is 11.2 Å². The minimum absolute atomic E-state index is 0.0146. The summed E-state index contributed by atoms with van der Waals surface area (Å²) < 4.78 is 114. The van der Waals surface area contributed by atoms with Crippen molar-refractivity contribution in [3.63, 3.8) is 0 Å². The highest BCUT2D eigenvalue weighted by molar-refractivity contribution is 7.94. The maximum Gasteiger partial charge on any atom is 0.421 e. The molecule has 0 saturated carbocycles. The first kappa shape index (κ1) is 59.8. The summed E-state index contributed by atoms with van der Waals surface area (Å²) in [6.45, 7) is 8.76. The van der Waals surface area contributed by atoms with Crippen molar-refractivity contribution in [1.29, 1.82) is 0 Å². The molecule has 1 heterocycles. The molecule has 4 unspecified atom stereocenters. The summed E-state index contributed by atoms with van der Waals surface area (Å²) in [6.07, 6.45) is -8.24. The lowest BCUT2D eigenvalue weighted by Crippen LogP contribution is -2.53. The highest BCUT2D eigenvalue weighted by Gasteiger charge is 2.66. The van der Waals surface area contributed by atoms with Crippen molar-refractivity contribution in [2.24, 2.45) is 0 Å². The molecular formula is C52H51Cl6F6N2O3S2Si+. The van der Waals surface area contributed by atoms with Crippen molar-refractivity contribution >= 4 is 105 Å². The average Bonchev–Trinajstić information content (AvgIpc) is 3.72. The molecule has 0 bridgehead atoms. The molecule has 0 radical (unpaired) electrons. The van der Waals surface area contributed by atoms with Crippen LogP contribution in [0.3, 0.4) is 0 Å². The zero-order valence-electron chi connectivity index (χ0n) is 39.3. The van der Waals surface area contributed by atoms with Crippen LogP contribution in [-0.2, 0) is 45.2 Å². The molecule has 4 atom stereocenters. The Balaban J connectivity index is 0.000000215. The predicted octanol–water partition coefficient (Wildman–Crippen LogP) is 16.8. The van der Waals surface area contributed by atoms with Gasteiger partial charge in [0.25, 0.3) is 0 Å². The molecule has 7 rings (SSSR count). The number of hydrogen-bond acceptors (Lipinski definition) is 5. The van der Waals surface area contributed by atoms with E-state index >= 15 is 13.2 Å². The van der Waals surface area contributed by atoms with Gasteiger partial charge in [-0.25, -0.2) is 0 Å². The van der Waals surface area contributed by atoms with Gasteiger partial charge in [0, 0.05) is 38.2 Å². The zero-order chi connectivity index (χ0) is 53.0. The van der Waals surface area contributed by atoms with Gasteiger partial charge < -0.3 is 4.74 Å². The second-order valence-corrected chi connectivity index (χ2v) is 28.6. The fourth-order valence-corrected chi connectivity index (χ4v) is 13.6. The van der Waals surface area contributed by atoms with Crippen LogP contribution in [0.1, 0.15) is 22.3 Å². The molecule has 1 N–H and O–H groups in total. The molecular weight excluding hydrogens is 1120 g/mol. The van der Waals surface area contributed by atoms with Crippen LogP contribution in [0.25, 0.3) is 5.57 Å². The second kappa shape index (κ2) is 26.6. The van der Waals surface area contributed by atoms with E-state index < -0.39 is 58.6 Å². The summed E-state index contributed by atoms with van der Waals surface area (Å²) in [5, 5.41) is -0.919. The Kier molecular flexibility index (Phi) is 22.1. The zero-order valence-corrected chi connectivity index (χ0v) is 46.4. The molecule has 1 fully saturated rings. The Morgan fingerprint density at radius 3 is 1.67 bits per heavy atom. The van der Waals surface area contributed by atoms with Crippen LogP contribution in [0.2, 0.25) is 49.8 Å². The van der Waals surface area contributed by atoms with Gasteiger partial charge in [-0.1, -0.05) is 186 Å². The fraction of sp³-hybridized carbons (Fsp3) is 0.269. The average molecular weight is 1170 g/mol. The topological polar surface area (TPSA) is 53.0 Å².